The third-order valence-electron chi connectivity index (χ3n) is 3.58. The van der Waals surface area contributed by atoms with Crippen LogP contribution in [0.25, 0.3) is 0 Å². The molecule has 0 aliphatic heterocycles. The lowest BCUT2D eigenvalue weighted by Gasteiger charge is -2.25. The molecule has 0 atom stereocenters. The number of carbonyl (C=O) groups excluding carboxylic acids is 1. The minimum atomic E-state index is 0.165. The van der Waals surface area contributed by atoms with Crippen molar-refractivity contribution >= 4 is 33.3 Å². The summed E-state index contributed by atoms with van der Waals surface area (Å²) < 4.78 is 0.912. The van der Waals surface area contributed by atoms with Gasteiger partial charge in [-0.1, -0.05) is 47.3 Å². The molecule has 1 nitrogen and oxygen atoms in total. The number of hydrogen-bond acceptors (Lipinski definition) is 1. The van der Waals surface area contributed by atoms with Crippen LogP contribution in [0.5, 0.6) is 0 Å². The molecule has 1 aromatic carbocycles. The second kappa shape index (κ2) is 5.53. The molecule has 0 unspecified atom stereocenters. The average Bonchev–Trinajstić information content (AvgIpc) is 2.32. The van der Waals surface area contributed by atoms with Crippen LogP contribution < -0.4 is 0 Å². The van der Waals surface area contributed by atoms with Gasteiger partial charge in [0.1, 0.15) is 0 Å². The van der Waals surface area contributed by atoms with Gasteiger partial charge in [0.05, 0.1) is 5.02 Å². The Labute approximate surface area is 116 Å². The molecule has 1 aromatic rings. The van der Waals surface area contributed by atoms with Gasteiger partial charge in [0, 0.05) is 16.0 Å². The first-order valence-corrected chi connectivity index (χ1v) is 7.24. The van der Waals surface area contributed by atoms with Crippen LogP contribution in [0.1, 0.15) is 43.0 Å². The second-order valence-corrected chi connectivity index (χ2v) is 6.27. The first kappa shape index (κ1) is 13.1. The molecule has 0 aromatic heterocycles. The summed E-state index contributed by atoms with van der Waals surface area (Å²) in [6, 6.07) is 5.48. The van der Waals surface area contributed by atoms with Crippen molar-refractivity contribution in [2.75, 3.05) is 0 Å². The first-order chi connectivity index (χ1) is 8.08. The van der Waals surface area contributed by atoms with Gasteiger partial charge in [0.25, 0.3) is 0 Å². The Balaban J connectivity index is 2.16. The number of carbonyl (C=O) groups is 1. The molecule has 1 saturated carbocycles. The molecule has 92 valence electrons. The standard InChI is InChI=1S/C14H16BrClO/c1-9-2-4-10(5-3-9)14(17)12-8-11(15)6-7-13(12)16/h6-10H,2-5H2,1H3. The van der Waals surface area contributed by atoms with E-state index in [2.05, 4.69) is 22.9 Å². The summed E-state index contributed by atoms with van der Waals surface area (Å²) in [4.78, 5) is 12.4. The van der Waals surface area contributed by atoms with Crippen LogP contribution in [0.15, 0.2) is 22.7 Å². The van der Waals surface area contributed by atoms with Gasteiger partial charge >= 0.3 is 0 Å². The molecule has 0 N–H and O–H groups in total. The van der Waals surface area contributed by atoms with E-state index in [1.54, 1.807) is 6.07 Å². The highest BCUT2D eigenvalue weighted by Gasteiger charge is 2.26. The van der Waals surface area contributed by atoms with Crippen LogP contribution in [0.3, 0.4) is 0 Å². The Morgan fingerprint density at radius 1 is 1.29 bits per heavy atom. The summed E-state index contributed by atoms with van der Waals surface area (Å²) in [7, 11) is 0. The highest BCUT2D eigenvalue weighted by Crippen LogP contribution is 2.32. The fourth-order valence-corrected chi connectivity index (χ4v) is 3.00. The molecule has 0 amide bonds. The lowest BCUT2D eigenvalue weighted by atomic mass is 9.79. The third kappa shape index (κ3) is 3.11. The van der Waals surface area contributed by atoms with E-state index >= 15 is 0 Å². The quantitative estimate of drug-likeness (QED) is 0.693. The van der Waals surface area contributed by atoms with Gasteiger partial charge in [0.2, 0.25) is 0 Å². The van der Waals surface area contributed by atoms with Gasteiger partial charge in [0.15, 0.2) is 5.78 Å². The van der Waals surface area contributed by atoms with Crippen LogP contribution in [-0.4, -0.2) is 5.78 Å². The van der Waals surface area contributed by atoms with Crippen molar-refractivity contribution in [2.24, 2.45) is 11.8 Å². The summed E-state index contributed by atoms with van der Waals surface area (Å²) in [5.74, 6) is 1.14. The van der Waals surface area contributed by atoms with Crippen LogP contribution in [-0.2, 0) is 0 Å². The van der Waals surface area contributed by atoms with Crippen molar-refractivity contribution in [2.45, 2.75) is 32.6 Å². The molecule has 0 heterocycles. The van der Waals surface area contributed by atoms with Gasteiger partial charge in [-0.05, 0) is 37.0 Å². The van der Waals surface area contributed by atoms with Crippen molar-refractivity contribution in [1.29, 1.82) is 0 Å². The predicted octanol–water partition coefficient (Wildman–Crippen LogP) is 5.11. The SMILES string of the molecule is CC1CCC(C(=O)c2cc(Br)ccc2Cl)CC1. The maximum Gasteiger partial charge on any atom is 0.167 e. The second-order valence-electron chi connectivity index (χ2n) is 4.95. The summed E-state index contributed by atoms with van der Waals surface area (Å²) in [6.07, 6.45) is 4.32. The van der Waals surface area contributed by atoms with Crippen LogP contribution in [0, 0.1) is 11.8 Å². The zero-order valence-electron chi connectivity index (χ0n) is 9.88. The van der Waals surface area contributed by atoms with Gasteiger partial charge in [-0.3, -0.25) is 4.79 Å². The Morgan fingerprint density at radius 2 is 1.94 bits per heavy atom. The van der Waals surface area contributed by atoms with Gasteiger partial charge in [-0.15, -0.1) is 0 Å². The van der Waals surface area contributed by atoms with E-state index in [0.29, 0.717) is 10.6 Å². The first-order valence-electron chi connectivity index (χ1n) is 6.07. The molecule has 0 radical (unpaired) electrons. The van der Waals surface area contributed by atoms with E-state index in [-0.39, 0.29) is 11.7 Å². The minimum Gasteiger partial charge on any atom is -0.294 e. The Hall–Kier alpha value is -0.340. The lowest BCUT2D eigenvalue weighted by Crippen LogP contribution is -2.21. The number of ketones is 1. The van der Waals surface area contributed by atoms with E-state index in [1.807, 2.05) is 12.1 Å². The largest absolute Gasteiger partial charge is 0.294 e. The number of rotatable bonds is 2. The van der Waals surface area contributed by atoms with Crippen molar-refractivity contribution in [3.63, 3.8) is 0 Å². The fourth-order valence-electron chi connectivity index (χ4n) is 2.43. The molecule has 1 aliphatic rings. The molecule has 0 spiro atoms. The molecule has 3 heteroatoms. The predicted molar refractivity (Wildman–Crippen MR) is 74.6 cm³/mol. The zero-order chi connectivity index (χ0) is 12.4. The molecule has 2 rings (SSSR count). The number of benzene rings is 1. The van der Waals surface area contributed by atoms with E-state index in [1.165, 1.54) is 0 Å². The molecule has 17 heavy (non-hydrogen) atoms. The normalized spacial score (nSPS) is 24.6. The van der Waals surface area contributed by atoms with Crippen molar-refractivity contribution in [3.05, 3.63) is 33.3 Å². The summed E-state index contributed by atoms with van der Waals surface area (Å²) >= 11 is 9.48. The molecular weight excluding hydrogens is 300 g/mol. The minimum absolute atomic E-state index is 0.165. The summed E-state index contributed by atoms with van der Waals surface area (Å²) in [5.41, 5.74) is 0.667. The van der Waals surface area contributed by atoms with Crippen molar-refractivity contribution in [1.82, 2.24) is 0 Å². The number of halogens is 2. The molecular formula is C14H16BrClO. The Morgan fingerprint density at radius 3 is 2.59 bits per heavy atom. The van der Waals surface area contributed by atoms with Gasteiger partial charge in [-0.2, -0.15) is 0 Å². The molecule has 0 bridgehead atoms. The zero-order valence-corrected chi connectivity index (χ0v) is 12.2. The van der Waals surface area contributed by atoms with Crippen LogP contribution >= 0.6 is 27.5 Å². The fraction of sp³-hybridized carbons (Fsp3) is 0.500. The van der Waals surface area contributed by atoms with Gasteiger partial charge in [-0.25, -0.2) is 0 Å². The highest BCUT2D eigenvalue weighted by molar-refractivity contribution is 9.10. The van der Waals surface area contributed by atoms with Crippen molar-refractivity contribution < 1.29 is 4.79 Å². The Kier molecular flexibility index (Phi) is 4.26. The molecule has 1 fully saturated rings. The molecule has 1 aliphatic carbocycles. The third-order valence-corrected chi connectivity index (χ3v) is 4.40. The van der Waals surface area contributed by atoms with Gasteiger partial charge < -0.3 is 0 Å². The van der Waals surface area contributed by atoms with Crippen LogP contribution in [0.4, 0.5) is 0 Å². The lowest BCUT2D eigenvalue weighted by molar-refractivity contribution is 0.0876. The molecule has 0 saturated heterocycles. The van der Waals surface area contributed by atoms with E-state index in [9.17, 15) is 4.79 Å². The summed E-state index contributed by atoms with van der Waals surface area (Å²) in [5, 5.41) is 0.567. The van der Waals surface area contributed by atoms with E-state index in [0.717, 1.165) is 36.1 Å². The number of hydrogen-bond donors (Lipinski definition) is 0. The van der Waals surface area contributed by atoms with Crippen molar-refractivity contribution in [3.8, 4) is 0 Å². The monoisotopic (exact) mass is 314 g/mol. The summed E-state index contributed by atoms with van der Waals surface area (Å²) in [6.45, 7) is 2.26. The van der Waals surface area contributed by atoms with E-state index < -0.39 is 0 Å². The van der Waals surface area contributed by atoms with E-state index in [4.69, 9.17) is 11.6 Å². The topological polar surface area (TPSA) is 17.1 Å². The number of Topliss-reactive ketones (excluding diaryl/α,β-unsaturated/α-hetero) is 1. The Bertz CT molecular complexity index is 422. The van der Waals surface area contributed by atoms with Crippen LogP contribution in [0.2, 0.25) is 5.02 Å². The highest BCUT2D eigenvalue weighted by atomic mass is 79.9. The average molecular weight is 316 g/mol. The smallest absolute Gasteiger partial charge is 0.167 e. The maximum atomic E-state index is 12.4. The maximum absolute atomic E-state index is 12.4.